The summed E-state index contributed by atoms with van der Waals surface area (Å²) in [4.78, 5) is 19.5. The Hall–Kier alpha value is -3.31. The van der Waals surface area contributed by atoms with E-state index in [4.69, 9.17) is 0 Å². The third-order valence-corrected chi connectivity index (χ3v) is 3.12. The van der Waals surface area contributed by atoms with Gasteiger partial charge in [0.25, 0.3) is 17.2 Å². The van der Waals surface area contributed by atoms with Crippen molar-refractivity contribution in [2.24, 2.45) is 0 Å². The molecule has 12 heteroatoms. The highest BCUT2D eigenvalue weighted by Gasteiger charge is 2.36. The molecule has 0 saturated carbocycles. The molecule has 4 rings (SSSR count). The van der Waals surface area contributed by atoms with E-state index in [1.807, 2.05) is 0 Å². The first-order valence-corrected chi connectivity index (χ1v) is 6.15. The molecule has 0 amide bonds. The first-order chi connectivity index (χ1) is 10.9. The topological polar surface area (TPSA) is 95.8 Å². The van der Waals surface area contributed by atoms with Gasteiger partial charge in [0.2, 0.25) is 0 Å². The van der Waals surface area contributed by atoms with Crippen LogP contribution in [0.3, 0.4) is 0 Å². The molecule has 0 spiro atoms. The fraction of sp³-hybridized carbons (Fsp3) is 0.0909. The molecule has 4 aromatic heterocycles. The Morgan fingerprint density at radius 1 is 1.13 bits per heavy atom. The van der Waals surface area contributed by atoms with Gasteiger partial charge in [-0.15, -0.1) is 15.3 Å². The Balaban J connectivity index is 2.03. The fourth-order valence-corrected chi connectivity index (χ4v) is 2.12. The molecule has 116 valence electrons. The summed E-state index contributed by atoms with van der Waals surface area (Å²) in [5, 5.41) is 10.6. The van der Waals surface area contributed by atoms with Crippen LogP contribution in [-0.4, -0.2) is 39.1 Å². The normalized spacial score (nSPS) is 12.3. The quantitative estimate of drug-likeness (QED) is 0.502. The Morgan fingerprint density at radius 2 is 1.87 bits per heavy atom. The average molecular weight is 322 g/mol. The van der Waals surface area contributed by atoms with Gasteiger partial charge in [0.15, 0.2) is 0 Å². The highest BCUT2D eigenvalue weighted by atomic mass is 19.4. The maximum Gasteiger partial charge on any atom is 0.453 e. The Bertz CT molecular complexity index is 1080. The van der Waals surface area contributed by atoms with E-state index in [1.54, 1.807) is 0 Å². The molecule has 0 aliphatic rings. The van der Waals surface area contributed by atoms with Crippen molar-refractivity contribution < 1.29 is 13.2 Å². The molecule has 0 aliphatic heterocycles. The molecular weight excluding hydrogens is 317 g/mol. The van der Waals surface area contributed by atoms with Crippen LogP contribution < -0.4 is 5.56 Å². The predicted molar refractivity (Wildman–Crippen MR) is 68.4 cm³/mol. The number of halogens is 3. The third kappa shape index (κ3) is 1.95. The Morgan fingerprint density at radius 3 is 2.57 bits per heavy atom. The lowest BCUT2D eigenvalue weighted by molar-refractivity contribution is -0.144. The van der Waals surface area contributed by atoms with Crippen molar-refractivity contribution in [3.05, 3.63) is 47.3 Å². The van der Waals surface area contributed by atoms with Gasteiger partial charge in [-0.05, 0) is 6.07 Å². The lowest BCUT2D eigenvalue weighted by Gasteiger charge is -2.06. The van der Waals surface area contributed by atoms with Crippen LogP contribution in [0.2, 0.25) is 0 Å². The first-order valence-electron chi connectivity index (χ1n) is 6.15. The van der Waals surface area contributed by atoms with Gasteiger partial charge in [-0.2, -0.15) is 22.7 Å². The van der Waals surface area contributed by atoms with Crippen LogP contribution in [0.25, 0.3) is 16.7 Å². The van der Waals surface area contributed by atoms with Gasteiger partial charge in [-0.3, -0.25) is 4.79 Å². The van der Waals surface area contributed by atoms with Gasteiger partial charge >= 0.3 is 6.18 Å². The highest BCUT2D eigenvalue weighted by Crippen LogP contribution is 2.26. The number of hydrogen-bond acceptors (Lipinski definition) is 6. The summed E-state index contributed by atoms with van der Waals surface area (Å²) in [6.07, 6.45) is 0.426. The zero-order chi connectivity index (χ0) is 16.2. The van der Waals surface area contributed by atoms with Gasteiger partial charge in [-0.1, -0.05) is 0 Å². The smallest absolute Gasteiger partial charge is 0.267 e. The van der Waals surface area contributed by atoms with Gasteiger partial charge in [0.05, 0.1) is 10.9 Å². The number of pyridine rings is 1. The van der Waals surface area contributed by atoms with E-state index in [-0.39, 0.29) is 16.7 Å². The van der Waals surface area contributed by atoms with Crippen LogP contribution in [0.4, 0.5) is 13.2 Å². The van der Waals surface area contributed by atoms with Crippen molar-refractivity contribution in [1.29, 1.82) is 0 Å². The summed E-state index contributed by atoms with van der Waals surface area (Å²) in [7, 11) is 0. The van der Waals surface area contributed by atoms with Crippen LogP contribution in [0, 0.1) is 0 Å². The molecule has 0 N–H and O–H groups in total. The number of alkyl halides is 3. The van der Waals surface area contributed by atoms with Crippen molar-refractivity contribution in [3.63, 3.8) is 0 Å². The molecular formula is C11H5F3N8O. The molecule has 0 aromatic carbocycles. The van der Waals surface area contributed by atoms with Crippen molar-refractivity contribution in [3.8, 4) is 0 Å². The molecule has 0 saturated heterocycles. The predicted octanol–water partition coefficient (Wildman–Crippen LogP) is 0.361. The monoisotopic (exact) mass is 322 g/mol. The molecule has 0 atom stereocenters. The van der Waals surface area contributed by atoms with Crippen LogP contribution >= 0.6 is 0 Å². The van der Waals surface area contributed by atoms with Crippen LogP contribution in [-0.2, 0) is 6.18 Å². The second-order valence-corrected chi connectivity index (χ2v) is 4.51. The maximum absolute atomic E-state index is 12.7. The fourth-order valence-electron chi connectivity index (χ4n) is 2.12. The number of nitrogens with zero attached hydrogens (tertiary/aromatic N) is 8. The lowest BCUT2D eigenvalue weighted by atomic mass is 10.3. The van der Waals surface area contributed by atoms with E-state index in [0.717, 1.165) is 10.7 Å². The zero-order valence-corrected chi connectivity index (χ0v) is 11.0. The number of hydrogen-bond donors (Lipinski definition) is 0. The van der Waals surface area contributed by atoms with Crippen LogP contribution in [0.1, 0.15) is 5.82 Å². The number of rotatable bonds is 1. The van der Waals surface area contributed by atoms with Crippen LogP contribution in [0.15, 0.2) is 35.9 Å². The maximum atomic E-state index is 12.7. The summed E-state index contributed by atoms with van der Waals surface area (Å²) in [5.74, 6) is -1.56. The standard InChI is InChI=1S/C11H5F3N8O/c12-11(13,14)9-18-10-15-3-6-7(22(10)19-9)1-2-21(8(6)23)20-4-16-17-5-20/h1-5H. The van der Waals surface area contributed by atoms with E-state index in [0.29, 0.717) is 0 Å². The second-order valence-electron chi connectivity index (χ2n) is 4.51. The van der Waals surface area contributed by atoms with Crippen LogP contribution in [0.5, 0.6) is 0 Å². The summed E-state index contributed by atoms with van der Waals surface area (Å²) < 4.78 is 41.5. The molecule has 0 aliphatic carbocycles. The summed E-state index contributed by atoms with van der Waals surface area (Å²) >= 11 is 0. The van der Waals surface area contributed by atoms with Crippen molar-refractivity contribution >= 4 is 16.7 Å². The molecule has 4 aromatic rings. The minimum absolute atomic E-state index is 0.0762. The first kappa shape index (κ1) is 13.4. The van der Waals surface area contributed by atoms with Gasteiger partial charge < -0.3 is 0 Å². The van der Waals surface area contributed by atoms with E-state index in [1.165, 1.54) is 34.3 Å². The molecule has 0 bridgehead atoms. The van der Waals surface area contributed by atoms with E-state index < -0.39 is 17.6 Å². The zero-order valence-electron chi connectivity index (χ0n) is 11.0. The SMILES string of the molecule is O=c1c2cnc3nc(C(F)(F)F)nn3c2ccn1-n1cnnc1. The largest absolute Gasteiger partial charge is 0.453 e. The minimum atomic E-state index is -4.70. The summed E-state index contributed by atoms with van der Waals surface area (Å²) in [5.41, 5.74) is -0.354. The lowest BCUT2D eigenvalue weighted by Crippen LogP contribution is -2.25. The van der Waals surface area contributed by atoms with E-state index >= 15 is 0 Å². The Kier molecular flexibility index (Phi) is 2.52. The molecule has 4 heterocycles. The Labute approximate surface area is 123 Å². The summed E-state index contributed by atoms with van der Waals surface area (Å²) in [6, 6.07) is 1.43. The molecule has 0 unspecified atom stereocenters. The summed E-state index contributed by atoms with van der Waals surface area (Å²) in [6.45, 7) is 0. The van der Waals surface area contributed by atoms with Crippen molar-refractivity contribution in [2.45, 2.75) is 6.18 Å². The molecule has 0 fully saturated rings. The number of fused-ring (bicyclic) bond motifs is 3. The molecule has 0 radical (unpaired) electrons. The van der Waals surface area contributed by atoms with Gasteiger partial charge in [0.1, 0.15) is 12.7 Å². The molecule has 9 nitrogen and oxygen atoms in total. The van der Waals surface area contributed by atoms with Crippen molar-refractivity contribution in [1.82, 2.24) is 39.1 Å². The minimum Gasteiger partial charge on any atom is -0.267 e. The van der Waals surface area contributed by atoms with Gasteiger partial charge in [0, 0.05) is 12.4 Å². The highest BCUT2D eigenvalue weighted by molar-refractivity contribution is 5.78. The second kappa shape index (κ2) is 4.34. The van der Waals surface area contributed by atoms with E-state index in [9.17, 15) is 18.0 Å². The third-order valence-electron chi connectivity index (χ3n) is 3.12. The van der Waals surface area contributed by atoms with Gasteiger partial charge in [-0.25, -0.2) is 14.3 Å². The van der Waals surface area contributed by atoms with Crippen molar-refractivity contribution in [2.75, 3.05) is 0 Å². The van der Waals surface area contributed by atoms with E-state index in [2.05, 4.69) is 25.3 Å². The average Bonchev–Trinajstić information content (AvgIpc) is 3.16. The molecule has 23 heavy (non-hydrogen) atoms. The number of aromatic nitrogens is 8.